The van der Waals surface area contributed by atoms with Crippen molar-refractivity contribution in [3.8, 4) is 0 Å². The predicted molar refractivity (Wildman–Crippen MR) is 110 cm³/mol. The van der Waals surface area contributed by atoms with Crippen LogP contribution in [0.3, 0.4) is 0 Å². The normalized spacial score (nSPS) is 20.2. The molecule has 31 heavy (non-hydrogen) atoms. The molecular formula is C21H25N3O6S. The maximum atomic E-state index is 12.7. The predicted octanol–water partition coefficient (Wildman–Crippen LogP) is 0.965. The standard InChI is InChI=1S/C21H25N3O6S/c25-20-12-17(14-23(20)15-18-2-1-9-30-18)21(26)22-13-16-3-5-19(6-4-16)31(27,28)24-7-10-29-11-8-24/h1-6,9,17H,7-8,10-15H2,(H,22,26)/t17-/m0/s1. The summed E-state index contributed by atoms with van der Waals surface area (Å²) in [6.45, 7) is 2.45. The summed E-state index contributed by atoms with van der Waals surface area (Å²) in [6, 6.07) is 10.0. The van der Waals surface area contributed by atoms with Crippen molar-refractivity contribution in [3.63, 3.8) is 0 Å². The number of ether oxygens (including phenoxy) is 1. The van der Waals surface area contributed by atoms with Crippen molar-refractivity contribution in [1.29, 1.82) is 0 Å². The van der Waals surface area contributed by atoms with Crippen LogP contribution in [0.1, 0.15) is 17.7 Å². The van der Waals surface area contributed by atoms with Crippen LogP contribution < -0.4 is 5.32 Å². The van der Waals surface area contributed by atoms with E-state index >= 15 is 0 Å². The molecule has 1 aromatic carbocycles. The fraction of sp³-hybridized carbons (Fsp3) is 0.429. The Morgan fingerprint density at radius 2 is 1.87 bits per heavy atom. The van der Waals surface area contributed by atoms with E-state index in [2.05, 4.69) is 5.32 Å². The van der Waals surface area contributed by atoms with Gasteiger partial charge in [-0.15, -0.1) is 0 Å². The second-order valence-electron chi connectivity index (χ2n) is 7.63. The maximum Gasteiger partial charge on any atom is 0.243 e. The first-order chi connectivity index (χ1) is 14.9. The largest absolute Gasteiger partial charge is 0.467 e. The molecule has 1 aromatic heterocycles. The van der Waals surface area contributed by atoms with Gasteiger partial charge in [0.15, 0.2) is 0 Å². The van der Waals surface area contributed by atoms with Crippen molar-refractivity contribution >= 4 is 21.8 Å². The van der Waals surface area contributed by atoms with E-state index in [1.165, 1.54) is 4.31 Å². The Morgan fingerprint density at radius 3 is 2.55 bits per heavy atom. The Morgan fingerprint density at radius 1 is 1.13 bits per heavy atom. The lowest BCUT2D eigenvalue weighted by atomic mass is 10.1. The maximum absolute atomic E-state index is 12.7. The van der Waals surface area contributed by atoms with Gasteiger partial charge >= 0.3 is 0 Å². The Bertz CT molecular complexity index is 1010. The van der Waals surface area contributed by atoms with Crippen molar-refractivity contribution < 1.29 is 27.2 Å². The van der Waals surface area contributed by atoms with E-state index in [1.807, 2.05) is 0 Å². The summed E-state index contributed by atoms with van der Waals surface area (Å²) in [5.41, 5.74) is 0.783. The zero-order valence-electron chi connectivity index (χ0n) is 17.0. The van der Waals surface area contributed by atoms with Crippen molar-refractivity contribution in [2.24, 2.45) is 5.92 Å². The van der Waals surface area contributed by atoms with Gasteiger partial charge in [0.2, 0.25) is 21.8 Å². The minimum atomic E-state index is -3.54. The van der Waals surface area contributed by atoms with Gasteiger partial charge in [-0.1, -0.05) is 12.1 Å². The quantitative estimate of drug-likeness (QED) is 0.677. The van der Waals surface area contributed by atoms with Crippen LogP contribution in [0.5, 0.6) is 0 Å². The number of carbonyl (C=O) groups excluding carboxylic acids is 2. The minimum absolute atomic E-state index is 0.0748. The molecule has 2 fully saturated rings. The number of hydrogen-bond donors (Lipinski definition) is 1. The van der Waals surface area contributed by atoms with Crippen LogP contribution in [0.2, 0.25) is 0 Å². The molecule has 0 aliphatic carbocycles. The average molecular weight is 448 g/mol. The molecule has 0 radical (unpaired) electrons. The van der Waals surface area contributed by atoms with E-state index in [1.54, 1.807) is 47.6 Å². The summed E-state index contributed by atoms with van der Waals surface area (Å²) in [6.07, 6.45) is 1.72. The highest BCUT2D eigenvalue weighted by molar-refractivity contribution is 7.89. The number of sulfonamides is 1. The molecular weight excluding hydrogens is 422 g/mol. The Balaban J connectivity index is 1.30. The summed E-state index contributed by atoms with van der Waals surface area (Å²) >= 11 is 0. The molecule has 166 valence electrons. The summed E-state index contributed by atoms with van der Waals surface area (Å²) < 4.78 is 37.2. The molecule has 0 bridgehead atoms. The summed E-state index contributed by atoms with van der Waals surface area (Å²) in [4.78, 5) is 26.5. The summed E-state index contributed by atoms with van der Waals surface area (Å²) in [7, 11) is -3.54. The number of hydrogen-bond acceptors (Lipinski definition) is 6. The molecule has 0 unspecified atom stereocenters. The third kappa shape index (κ3) is 4.97. The average Bonchev–Trinajstić information content (AvgIpc) is 3.43. The highest BCUT2D eigenvalue weighted by Gasteiger charge is 2.34. The molecule has 4 rings (SSSR count). The Labute approximate surface area is 181 Å². The fourth-order valence-corrected chi connectivity index (χ4v) is 5.15. The molecule has 2 saturated heterocycles. The van der Waals surface area contributed by atoms with E-state index in [4.69, 9.17) is 9.15 Å². The van der Waals surface area contributed by atoms with Gasteiger partial charge in [0.05, 0.1) is 36.8 Å². The van der Waals surface area contributed by atoms with E-state index in [0.717, 1.165) is 5.56 Å². The smallest absolute Gasteiger partial charge is 0.243 e. The first kappa shape index (κ1) is 21.5. The molecule has 10 heteroatoms. The third-order valence-corrected chi connectivity index (χ3v) is 7.42. The van der Waals surface area contributed by atoms with E-state index in [0.29, 0.717) is 45.2 Å². The van der Waals surface area contributed by atoms with Crippen molar-refractivity contribution in [2.75, 3.05) is 32.8 Å². The molecule has 9 nitrogen and oxygen atoms in total. The molecule has 1 N–H and O–H groups in total. The number of carbonyl (C=O) groups is 2. The van der Waals surface area contributed by atoms with Crippen LogP contribution in [-0.2, 0) is 37.4 Å². The van der Waals surface area contributed by atoms with Gasteiger partial charge in [-0.3, -0.25) is 9.59 Å². The highest BCUT2D eigenvalue weighted by atomic mass is 32.2. The van der Waals surface area contributed by atoms with E-state index in [-0.39, 0.29) is 29.7 Å². The lowest BCUT2D eigenvalue weighted by Crippen LogP contribution is -2.40. The van der Waals surface area contributed by atoms with Gasteiger partial charge in [0.1, 0.15) is 5.76 Å². The number of nitrogens with zero attached hydrogens (tertiary/aromatic N) is 2. The van der Waals surface area contributed by atoms with E-state index in [9.17, 15) is 18.0 Å². The summed E-state index contributed by atoms with van der Waals surface area (Å²) in [5, 5.41) is 2.84. The van der Waals surface area contributed by atoms with Gasteiger partial charge in [-0.2, -0.15) is 4.31 Å². The topological polar surface area (TPSA) is 109 Å². The highest BCUT2D eigenvalue weighted by Crippen LogP contribution is 2.21. The summed E-state index contributed by atoms with van der Waals surface area (Å²) in [5.74, 6) is -0.000468. The lowest BCUT2D eigenvalue weighted by Gasteiger charge is -2.26. The second-order valence-corrected chi connectivity index (χ2v) is 9.57. The molecule has 2 amide bonds. The van der Waals surface area contributed by atoms with Crippen LogP contribution in [0.4, 0.5) is 0 Å². The van der Waals surface area contributed by atoms with Crippen LogP contribution >= 0.6 is 0 Å². The first-order valence-electron chi connectivity index (χ1n) is 10.2. The minimum Gasteiger partial charge on any atom is -0.467 e. The number of likely N-dealkylation sites (tertiary alicyclic amines) is 1. The van der Waals surface area contributed by atoms with Gasteiger partial charge in [0.25, 0.3) is 0 Å². The Hall–Kier alpha value is -2.69. The van der Waals surface area contributed by atoms with Crippen LogP contribution in [-0.4, -0.2) is 62.3 Å². The van der Waals surface area contributed by atoms with Gasteiger partial charge in [-0.05, 0) is 29.8 Å². The fourth-order valence-electron chi connectivity index (χ4n) is 3.74. The number of benzene rings is 1. The van der Waals surface area contributed by atoms with Gasteiger partial charge in [-0.25, -0.2) is 8.42 Å². The molecule has 2 aliphatic heterocycles. The molecule has 0 saturated carbocycles. The molecule has 2 aromatic rings. The monoisotopic (exact) mass is 447 g/mol. The SMILES string of the molecule is O=C(NCc1ccc(S(=O)(=O)N2CCOCC2)cc1)[C@H]1CC(=O)N(Cc2ccco2)C1. The number of furan rings is 1. The van der Waals surface area contributed by atoms with Gasteiger partial charge in [0, 0.05) is 32.6 Å². The first-order valence-corrected chi connectivity index (χ1v) is 11.6. The Kier molecular flexibility index (Phi) is 6.40. The van der Waals surface area contributed by atoms with Crippen molar-refractivity contribution in [1.82, 2.24) is 14.5 Å². The number of morpholine rings is 1. The second kappa shape index (κ2) is 9.21. The number of rotatable bonds is 7. The van der Waals surface area contributed by atoms with Crippen LogP contribution in [0.25, 0.3) is 0 Å². The van der Waals surface area contributed by atoms with Gasteiger partial charge < -0.3 is 19.4 Å². The molecule has 1 atom stereocenters. The van der Waals surface area contributed by atoms with Crippen LogP contribution in [0, 0.1) is 5.92 Å². The lowest BCUT2D eigenvalue weighted by molar-refractivity contribution is -0.129. The van der Waals surface area contributed by atoms with Crippen molar-refractivity contribution in [2.45, 2.75) is 24.4 Å². The van der Waals surface area contributed by atoms with Crippen molar-refractivity contribution in [3.05, 3.63) is 54.0 Å². The van der Waals surface area contributed by atoms with Crippen LogP contribution in [0.15, 0.2) is 52.0 Å². The number of nitrogens with one attached hydrogen (secondary N) is 1. The molecule has 2 aliphatic rings. The molecule has 0 spiro atoms. The zero-order valence-corrected chi connectivity index (χ0v) is 17.8. The zero-order chi connectivity index (χ0) is 21.8. The molecule has 3 heterocycles. The number of amides is 2. The van der Waals surface area contributed by atoms with E-state index < -0.39 is 15.9 Å². The third-order valence-electron chi connectivity index (χ3n) is 5.51.